The summed E-state index contributed by atoms with van der Waals surface area (Å²) in [6, 6.07) is 7.21. The number of rotatable bonds is 4. The van der Waals surface area contributed by atoms with Gasteiger partial charge < -0.3 is 5.11 Å². The summed E-state index contributed by atoms with van der Waals surface area (Å²) in [5.74, 6) is -1.24. The number of benzene rings is 1. The molecule has 1 saturated carbocycles. The average Bonchev–Trinajstić information content (AvgIpc) is 3.09. The molecule has 0 aromatic heterocycles. The number of aryl methyl sites for hydroxylation is 1. The SMILES string of the molecule is CCc1ccc(C(=O)C2(C(=O)O)CC2)cc1. The fraction of sp³-hybridized carbons (Fsp3) is 0.385. The molecule has 0 unspecified atom stereocenters. The lowest BCUT2D eigenvalue weighted by Crippen LogP contribution is -2.25. The van der Waals surface area contributed by atoms with Crippen LogP contribution in [0.3, 0.4) is 0 Å². The van der Waals surface area contributed by atoms with Gasteiger partial charge in [-0.3, -0.25) is 9.59 Å². The normalized spacial score (nSPS) is 16.8. The zero-order valence-corrected chi connectivity index (χ0v) is 9.19. The van der Waals surface area contributed by atoms with Crippen LogP contribution in [0, 0.1) is 5.41 Å². The summed E-state index contributed by atoms with van der Waals surface area (Å²) in [4.78, 5) is 23.0. The number of hydrogen-bond donors (Lipinski definition) is 1. The van der Waals surface area contributed by atoms with Crippen LogP contribution in [0.2, 0.25) is 0 Å². The van der Waals surface area contributed by atoms with Crippen molar-refractivity contribution in [2.24, 2.45) is 5.41 Å². The van der Waals surface area contributed by atoms with E-state index in [0.717, 1.165) is 12.0 Å². The minimum atomic E-state index is -1.12. The van der Waals surface area contributed by atoms with Gasteiger partial charge in [-0.05, 0) is 24.8 Å². The summed E-state index contributed by atoms with van der Waals surface area (Å²) in [6.07, 6.45) is 1.85. The lowest BCUT2D eigenvalue weighted by molar-refractivity contribution is -0.141. The fourth-order valence-electron chi connectivity index (χ4n) is 1.83. The predicted octanol–water partition coefficient (Wildman–Crippen LogP) is 2.30. The van der Waals surface area contributed by atoms with Gasteiger partial charge in [0.05, 0.1) is 0 Å². The van der Waals surface area contributed by atoms with Gasteiger partial charge in [-0.1, -0.05) is 31.2 Å². The quantitative estimate of drug-likeness (QED) is 0.623. The molecule has 3 heteroatoms. The third-order valence-corrected chi connectivity index (χ3v) is 3.22. The third kappa shape index (κ3) is 1.62. The van der Waals surface area contributed by atoms with Crippen molar-refractivity contribution in [3.8, 4) is 0 Å². The average molecular weight is 218 g/mol. The Morgan fingerprint density at radius 2 is 1.81 bits per heavy atom. The van der Waals surface area contributed by atoms with E-state index in [0.29, 0.717) is 18.4 Å². The molecule has 0 aliphatic heterocycles. The maximum atomic E-state index is 12.0. The van der Waals surface area contributed by atoms with E-state index < -0.39 is 11.4 Å². The molecule has 2 rings (SSSR count). The summed E-state index contributed by atoms with van der Waals surface area (Å²) in [5, 5.41) is 9.02. The molecule has 84 valence electrons. The topological polar surface area (TPSA) is 54.4 Å². The van der Waals surface area contributed by atoms with Gasteiger partial charge in [0.25, 0.3) is 0 Å². The van der Waals surface area contributed by atoms with Crippen LogP contribution < -0.4 is 0 Å². The van der Waals surface area contributed by atoms with Crippen LogP contribution >= 0.6 is 0 Å². The second-order valence-electron chi connectivity index (χ2n) is 4.27. The van der Waals surface area contributed by atoms with Gasteiger partial charge in [-0.15, -0.1) is 0 Å². The first-order chi connectivity index (χ1) is 7.60. The zero-order chi connectivity index (χ0) is 11.8. The van der Waals surface area contributed by atoms with Gasteiger partial charge in [0.1, 0.15) is 5.41 Å². The molecule has 0 atom stereocenters. The van der Waals surface area contributed by atoms with E-state index >= 15 is 0 Å². The summed E-state index contributed by atoms with van der Waals surface area (Å²) in [7, 11) is 0. The van der Waals surface area contributed by atoms with E-state index in [1.807, 2.05) is 19.1 Å². The Bertz CT molecular complexity index is 427. The minimum Gasteiger partial charge on any atom is -0.480 e. The number of carboxylic acids is 1. The molecule has 1 fully saturated rings. The van der Waals surface area contributed by atoms with Crippen LogP contribution in [0.4, 0.5) is 0 Å². The number of Topliss-reactive ketones (excluding diaryl/α,β-unsaturated/α-hetero) is 1. The highest BCUT2D eigenvalue weighted by atomic mass is 16.4. The molecule has 0 heterocycles. The second kappa shape index (κ2) is 3.74. The Balaban J connectivity index is 2.25. The van der Waals surface area contributed by atoms with Crippen LogP contribution in [-0.4, -0.2) is 16.9 Å². The van der Waals surface area contributed by atoms with E-state index in [2.05, 4.69) is 0 Å². The summed E-state index contributed by atoms with van der Waals surface area (Å²) in [6.45, 7) is 2.04. The van der Waals surface area contributed by atoms with Crippen LogP contribution in [0.5, 0.6) is 0 Å². The molecule has 0 bridgehead atoms. The lowest BCUT2D eigenvalue weighted by Gasteiger charge is -2.08. The molecular weight excluding hydrogens is 204 g/mol. The van der Waals surface area contributed by atoms with E-state index in [-0.39, 0.29) is 5.78 Å². The molecule has 1 N–H and O–H groups in total. The maximum absolute atomic E-state index is 12.0. The molecule has 0 saturated heterocycles. The van der Waals surface area contributed by atoms with Crippen LogP contribution in [-0.2, 0) is 11.2 Å². The van der Waals surface area contributed by atoms with Crippen molar-refractivity contribution in [3.05, 3.63) is 35.4 Å². The number of carbonyl (C=O) groups excluding carboxylic acids is 1. The second-order valence-corrected chi connectivity index (χ2v) is 4.27. The van der Waals surface area contributed by atoms with Crippen molar-refractivity contribution in [2.75, 3.05) is 0 Å². The van der Waals surface area contributed by atoms with Crippen LogP contribution in [0.1, 0.15) is 35.7 Å². The number of aliphatic carboxylic acids is 1. The van der Waals surface area contributed by atoms with Crippen molar-refractivity contribution in [1.82, 2.24) is 0 Å². The highest BCUT2D eigenvalue weighted by Gasteiger charge is 2.56. The van der Waals surface area contributed by atoms with Gasteiger partial charge in [0.15, 0.2) is 5.78 Å². The summed E-state index contributed by atoms with van der Waals surface area (Å²) >= 11 is 0. The molecule has 3 nitrogen and oxygen atoms in total. The van der Waals surface area contributed by atoms with Crippen molar-refractivity contribution in [2.45, 2.75) is 26.2 Å². The smallest absolute Gasteiger partial charge is 0.317 e. The van der Waals surface area contributed by atoms with Crippen LogP contribution in [0.25, 0.3) is 0 Å². The lowest BCUT2D eigenvalue weighted by atomic mass is 9.94. The fourth-order valence-corrected chi connectivity index (χ4v) is 1.83. The van der Waals surface area contributed by atoms with E-state index in [1.54, 1.807) is 12.1 Å². The summed E-state index contributed by atoms with van der Waals surface area (Å²) in [5.41, 5.74) is 0.544. The zero-order valence-electron chi connectivity index (χ0n) is 9.19. The number of ketones is 1. The summed E-state index contributed by atoms with van der Waals surface area (Å²) < 4.78 is 0. The van der Waals surface area contributed by atoms with Gasteiger partial charge in [0, 0.05) is 5.56 Å². The number of hydrogen-bond acceptors (Lipinski definition) is 2. The largest absolute Gasteiger partial charge is 0.480 e. The molecule has 0 radical (unpaired) electrons. The first kappa shape index (κ1) is 10.9. The van der Waals surface area contributed by atoms with Gasteiger partial charge in [-0.2, -0.15) is 0 Å². The number of carboxylic acid groups (broad SMARTS) is 1. The highest BCUT2D eigenvalue weighted by Crippen LogP contribution is 2.48. The maximum Gasteiger partial charge on any atom is 0.317 e. The monoisotopic (exact) mass is 218 g/mol. The van der Waals surface area contributed by atoms with E-state index in [9.17, 15) is 9.59 Å². The third-order valence-electron chi connectivity index (χ3n) is 3.22. The van der Waals surface area contributed by atoms with Gasteiger partial charge in [0.2, 0.25) is 0 Å². The Morgan fingerprint density at radius 1 is 1.25 bits per heavy atom. The minimum absolute atomic E-state index is 0.248. The number of carbonyl (C=O) groups is 2. The molecule has 1 aliphatic rings. The first-order valence-electron chi connectivity index (χ1n) is 5.47. The standard InChI is InChI=1S/C13H14O3/c1-2-9-3-5-10(6-4-9)11(14)13(7-8-13)12(15)16/h3-6H,2,7-8H2,1H3,(H,15,16). The van der Waals surface area contributed by atoms with Crippen molar-refractivity contribution in [1.29, 1.82) is 0 Å². The highest BCUT2D eigenvalue weighted by molar-refractivity contribution is 6.14. The molecular formula is C13H14O3. The van der Waals surface area contributed by atoms with Crippen molar-refractivity contribution < 1.29 is 14.7 Å². The van der Waals surface area contributed by atoms with Crippen molar-refractivity contribution >= 4 is 11.8 Å². The Morgan fingerprint density at radius 3 is 2.19 bits per heavy atom. The molecule has 16 heavy (non-hydrogen) atoms. The molecule has 1 aromatic rings. The molecule has 0 spiro atoms. The first-order valence-corrected chi connectivity index (χ1v) is 5.47. The van der Waals surface area contributed by atoms with Crippen molar-refractivity contribution in [3.63, 3.8) is 0 Å². The Labute approximate surface area is 94.1 Å². The molecule has 1 aliphatic carbocycles. The Hall–Kier alpha value is -1.64. The Kier molecular flexibility index (Phi) is 2.54. The van der Waals surface area contributed by atoms with Crippen LogP contribution in [0.15, 0.2) is 24.3 Å². The van der Waals surface area contributed by atoms with E-state index in [1.165, 1.54) is 0 Å². The molecule has 0 amide bonds. The van der Waals surface area contributed by atoms with Gasteiger partial charge >= 0.3 is 5.97 Å². The van der Waals surface area contributed by atoms with E-state index in [4.69, 9.17) is 5.11 Å². The molecule has 1 aromatic carbocycles. The van der Waals surface area contributed by atoms with Gasteiger partial charge in [-0.25, -0.2) is 0 Å². The predicted molar refractivity (Wildman–Crippen MR) is 59.5 cm³/mol.